The summed E-state index contributed by atoms with van der Waals surface area (Å²) in [6.07, 6.45) is 2.25. The van der Waals surface area contributed by atoms with Crippen LogP contribution in [-0.2, 0) is 11.2 Å². The number of benzene rings is 1. The van der Waals surface area contributed by atoms with Gasteiger partial charge in [0.05, 0.1) is 0 Å². The highest BCUT2D eigenvalue weighted by Crippen LogP contribution is 2.20. The van der Waals surface area contributed by atoms with Gasteiger partial charge in [-0.3, -0.25) is 4.79 Å². The Bertz CT molecular complexity index is 595. The van der Waals surface area contributed by atoms with Gasteiger partial charge in [-0.1, -0.05) is 32.0 Å². The molecule has 0 atom stereocenters. The summed E-state index contributed by atoms with van der Waals surface area (Å²) >= 11 is 0. The minimum absolute atomic E-state index is 0.0381. The van der Waals surface area contributed by atoms with E-state index in [1.807, 2.05) is 25.1 Å². The number of amides is 1. The van der Waals surface area contributed by atoms with Crippen LogP contribution < -0.4 is 10.6 Å². The maximum Gasteiger partial charge on any atom is 0.225 e. The number of para-hydroxylation sites is 1. The van der Waals surface area contributed by atoms with Crippen molar-refractivity contribution < 1.29 is 4.79 Å². The normalized spacial score (nSPS) is 10.2. The van der Waals surface area contributed by atoms with E-state index in [1.165, 1.54) is 5.56 Å². The third-order valence-electron chi connectivity index (χ3n) is 3.07. The van der Waals surface area contributed by atoms with Gasteiger partial charge in [-0.25, -0.2) is 0 Å². The Hall–Kier alpha value is -2.43. The number of aryl methyl sites for hydroxylation is 1. The van der Waals surface area contributed by atoms with Crippen LogP contribution in [-0.4, -0.2) is 16.1 Å². The van der Waals surface area contributed by atoms with Crippen molar-refractivity contribution >= 4 is 23.2 Å². The van der Waals surface area contributed by atoms with Crippen molar-refractivity contribution in [2.75, 3.05) is 10.6 Å². The molecule has 1 aromatic carbocycles. The second-order valence-corrected chi connectivity index (χ2v) is 4.74. The minimum Gasteiger partial charge on any atom is -0.339 e. The maximum atomic E-state index is 11.5. The van der Waals surface area contributed by atoms with Crippen LogP contribution in [0.25, 0.3) is 0 Å². The minimum atomic E-state index is -0.0381. The molecule has 1 amide bonds. The molecule has 0 unspecified atom stereocenters. The smallest absolute Gasteiger partial charge is 0.225 e. The van der Waals surface area contributed by atoms with Crippen molar-refractivity contribution in [3.8, 4) is 0 Å². The van der Waals surface area contributed by atoms with Crippen molar-refractivity contribution in [3.63, 3.8) is 0 Å². The van der Waals surface area contributed by atoms with Crippen molar-refractivity contribution in [1.82, 2.24) is 10.2 Å². The Morgan fingerprint density at radius 1 is 1.05 bits per heavy atom. The number of nitrogens with one attached hydrogen (secondary N) is 2. The monoisotopic (exact) mass is 284 g/mol. The van der Waals surface area contributed by atoms with E-state index in [1.54, 1.807) is 12.1 Å². The molecule has 1 aromatic heterocycles. The molecule has 5 nitrogen and oxygen atoms in total. The van der Waals surface area contributed by atoms with E-state index in [9.17, 15) is 4.79 Å². The predicted octanol–water partition coefficient (Wildman–Crippen LogP) is 3.52. The first kappa shape index (κ1) is 15.0. The lowest BCUT2D eigenvalue weighted by Gasteiger charge is -2.10. The lowest BCUT2D eigenvalue weighted by molar-refractivity contribution is -0.116. The van der Waals surface area contributed by atoms with Crippen LogP contribution in [0.4, 0.5) is 17.3 Å². The number of carbonyl (C=O) groups is 1. The Kier molecular flexibility index (Phi) is 5.26. The molecule has 0 saturated heterocycles. The predicted molar refractivity (Wildman–Crippen MR) is 84.7 cm³/mol. The van der Waals surface area contributed by atoms with Gasteiger partial charge in [0, 0.05) is 12.1 Å². The number of hydrogen-bond donors (Lipinski definition) is 2. The fourth-order valence-electron chi connectivity index (χ4n) is 1.99. The largest absolute Gasteiger partial charge is 0.339 e. The van der Waals surface area contributed by atoms with Crippen LogP contribution in [0.1, 0.15) is 32.3 Å². The van der Waals surface area contributed by atoms with Crippen LogP contribution in [0.2, 0.25) is 0 Å². The highest BCUT2D eigenvalue weighted by atomic mass is 16.1. The molecule has 0 saturated carbocycles. The molecule has 0 bridgehead atoms. The SMILES string of the molecule is CCCC(=O)Nc1ccc(Nc2ccccc2CC)nn1. The molecule has 0 aliphatic heterocycles. The number of nitrogens with zero attached hydrogens (tertiary/aromatic N) is 2. The molecule has 0 radical (unpaired) electrons. The molecule has 110 valence electrons. The van der Waals surface area contributed by atoms with Gasteiger partial charge in [0.25, 0.3) is 0 Å². The average Bonchev–Trinajstić information content (AvgIpc) is 2.50. The quantitative estimate of drug-likeness (QED) is 0.851. The first-order valence-corrected chi connectivity index (χ1v) is 7.21. The zero-order valence-electron chi connectivity index (χ0n) is 12.4. The molecule has 2 aromatic rings. The molecule has 2 N–H and O–H groups in total. The summed E-state index contributed by atoms with van der Waals surface area (Å²) < 4.78 is 0. The maximum absolute atomic E-state index is 11.5. The van der Waals surface area contributed by atoms with Crippen LogP contribution in [0.5, 0.6) is 0 Å². The summed E-state index contributed by atoms with van der Waals surface area (Å²) in [6, 6.07) is 11.6. The molecule has 2 rings (SSSR count). The Balaban J connectivity index is 2.04. The Morgan fingerprint density at radius 2 is 1.76 bits per heavy atom. The molecular weight excluding hydrogens is 264 g/mol. The third-order valence-corrected chi connectivity index (χ3v) is 3.07. The number of hydrogen-bond acceptors (Lipinski definition) is 4. The van der Waals surface area contributed by atoms with Crippen molar-refractivity contribution in [2.24, 2.45) is 0 Å². The summed E-state index contributed by atoms with van der Waals surface area (Å²) in [6.45, 7) is 4.07. The summed E-state index contributed by atoms with van der Waals surface area (Å²) in [5.74, 6) is 1.09. The van der Waals surface area contributed by atoms with E-state index in [2.05, 4.69) is 33.8 Å². The number of aromatic nitrogens is 2. The van der Waals surface area contributed by atoms with E-state index >= 15 is 0 Å². The zero-order chi connectivity index (χ0) is 15.1. The van der Waals surface area contributed by atoms with Crippen LogP contribution in [0, 0.1) is 0 Å². The molecule has 0 aliphatic carbocycles. The molecular formula is C16H20N4O. The molecule has 5 heteroatoms. The van der Waals surface area contributed by atoms with E-state index in [4.69, 9.17) is 0 Å². The van der Waals surface area contributed by atoms with Gasteiger partial charge in [0.15, 0.2) is 11.6 Å². The topological polar surface area (TPSA) is 66.9 Å². The molecule has 21 heavy (non-hydrogen) atoms. The van der Waals surface area contributed by atoms with Crippen molar-refractivity contribution in [1.29, 1.82) is 0 Å². The Morgan fingerprint density at radius 3 is 2.43 bits per heavy atom. The van der Waals surface area contributed by atoms with Crippen molar-refractivity contribution in [3.05, 3.63) is 42.0 Å². The first-order valence-electron chi connectivity index (χ1n) is 7.21. The van der Waals surface area contributed by atoms with Gasteiger partial charge in [-0.05, 0) is 36.6 Å². The molecule has 0 spiro atoms. The Labute approximate surface area is 124 Å². The van der Waals surface area contributed by atoms with Gasteiger partial charge < -0.3 is 10.6 Å². The summed E-state index contributed by atoms with van der Waals surface area (Å²) in [7, 11) is 0. The highest BCUT2D eigenvalue weighted by molar-refractivity contribution is 5.89. The second-order valence-electron chi connectivity index (χ2n) is 4.74. The van der Waals surface area contributed by atoms with E-state index in [0.29, 0.717) is 18.1 Å². The van der Waals surface area contributed by atoms with Crippen LogP contribution in [0.15, 0.2) is 36.4 Å². The first-order chi connectivity index (χ1) is 10.2. The molecule has 0 aliphatic rings. The average molecular weight is 284 g/mol. The lowest BCUT2D eigenvalue weighted by Crippen LogP contribution is -2.12. The van der Waals surface area contributed by atoms with Gasteiger partial charge in [-0.15, -0.1) is 10.2 Å². The number of rotatable bonds is 6. The lowest BCUT2D eigenvalue weighted by atomic mass is 10.1. The van der Waals surface area contributed by atoms with E-state index in [-0.39, 0.29) is 5.91 Å². The summed E-state index contributed by atoms with van der Waals surface area (Å²) in [5, 5.41) is 14.1. The highest BCUT2D eigenvalue weighted by Gasteiger charge is 2.04. The molecule has 0 fully saturated rings. The number of carbonyl (C=O) groups excluding carboxylic acids is 1. The summed E-state index contributed by atoms with van der Waals surface area (Å²) in [5.41, 5.74) is 2.25. The standard InChI is InChI=1S/C16H20N4O/c1-3-7-16(21)18-15-11-10-14(19-20-15)17-13-9-6-5-8-12(13)4-2/h5-6,8-11H,3-4,7H2,1-2H3,(H,17,19)(H,18,20,21). The fraction of sp³-hybridized carbons (Fsp3) is 0.312. The zero-order valence-corrected chi connectivity index (χ0v) is 12.4. The second kappa shape index (κ2) is 7.38. The summed E-state index contributed by atoms with van der Waals surface area (Å²) in [4.78, 5) is 11.5. The van der Waals surface area contributed by atoms with Gasteiger partial charge in [0.1, 0.15) is 0 Å². The fourth-order valence-corrected chi connectivity index (χ4v) is 1.99. The van der Waals surface area contributed by atoms with Gasteiger partial charge >= 0.3 is 0 Å². The van der Waals surface area contributed by atoms with Gasteiger partial charge in [-0.2, -0.15) is 0 Å². The third kappa shape index (κ3) is 4.27. The van der Waals surface area contributed by atoms with Crippen LogP contribution in [0.3, 0.4) is 0 Å². The van der Waals surface area contributed by atoms with E-state index in [0.717, 1.165) is 18.5 Å². The molecule has 1 heterocycles. The van der Waals surface area contributed by atoms with Crippen molar-refractivity contribution in [2.45, 2.75) is 33.1 Å². The van der Waals surface area contributed by atoms with Gasteiger partial charge in [0.2, 0.25) is 5.91 Å². The number of anilines is 3. The van der Waals surface area contributed by atoms with E-state index < -0.39 is 0 Å². The van der Waals surface area contributed by atoms with Crippen LogP contribution >= 0.6 is 0 Å².